The van der Waals surface area contributed by atoms with E-state index < -0.39 is 24.5 Å². The van der Waals surface area contributed by atoms with Crippen LogP contribution in [0.15, 0.2) is 52.6 Å². The number of ether oxygens (including phenoxy) is 2. The first kappa shape index (κ1) is 20.9. The molecule has 1 aliphatic heterocycles. The fourth-order valence-corrected chi connectivity index (χ4v) is 3.27. The molecule has 2 aromatic carbocycles. The molecule has 0 spiro atoms. The van der Waals surface area contributed by atoms with Crippen LogP contribution in [0.1, 0.15) is 11.1 Å². The van der Waals surface area contributed by atoms with Crippen molar-refractivity contribution in [2.75, 3.05) is 13.7 Å². The third-order valence-corrected chi connectivity index (χ3v) is 5.07. The molecule has 9 heteroatoms. The van der Waals surface area contributed by atoms with Crippen molar-refractivity contribution in [2.45, 2.75) is 6.61 Å². The second-order valence-electron chi connectivity index (χ2n) is 6.03. The quantitative estimate of drug-likeness (QED) is 0.387. The Morgan fingerprint density at radius 2 is 2.00 bits per heavy atom. The Balaban J connectivity index is 1.71. The van der Waals surface area contributed by atoms with Gasteiger partial charge in [0, 0.05) is 10.6 Å². The van der Waals surface area contributed by atoms with Crippen molar-refractivity contribution < 1.29 is 23.9 Å². The van der Waals surface area contributed by atoms with Gasteiger partial charge in [-0.1, -0.05) is 35.9 Å². The topological polar surface area (TPSA) is 84.9 Å². The SMILES string of the molecule is COC(=O)CN1C(=O)NC(=Cc2ccc(OCc3ccccc3Cl)c(Br)c2)C1=O. The molecular formula is C20H16BrClN2O5. The van der Waals surface area contributed by atoms with Gasteiger partial charge in [0.1, 0.15) is 24.6 Å². The highest BCUT2D eigenvalue weighted by molar-refractivity contribution is 9.10. The third-order valence-electron chi connectivity index (χ3n) is 4.09. The number of rotatable bonds is 6. The largest absolute Gasteiger partial charge is 0.488 e. The number of benzene rings is 2. The van der Waals surface area contributed by atoms with Crippen LogP contribution in [0.4, 0.5) is 4.79 Å². The van der Waals surface area contributed by atoms with Gasteiger partial charge in [0.25, 0.3) is 5.91 Å². The number of methoxy groups -OCH3 is 1. The molecule has 1 fully saturated rings. The molecule has 0 radical (unpaired) electrons. The number of hydrogen-bond donors (Lipinski definition) is 1. The van der Waals surface area contributed by atoms with Crippen molar-refractivity contribution in [3.8, 4) is 5.75 Å². The summed E-state index contributed by atoms with van der Waals surface area (Å²) >= 11 is 9.57. The minimum atomic E-state index is -0.683. The van der Waals surface area contributed by atoms with Gasteiger partial charge in [0.05, 0.1) is 11.6 Å². The number of halogens is 2. The molecule has 1 N–H and O–H groups in total. The first-order valence-corrected chi connectivity index (χ1v) is 9.63. The zero-order valence-electron chi connectivity index (χ0n) is 15.3. The average molecular weight is 480 g/mol. The molecule has 29 heavy (non-hydrogen) atoms. The van der Waals surface area contributed by atoms with Gasteiger partial charge < -0.3 is 14.8 Å². The number of amides is 3. The maximum Gasteiger partial charge on any atom is 0.329 e. The molecule has 1 heterocycles. The number of imide groups is 1. The lowest BCUT2D eigenvalue weighted by Gasteiger charge is -2.10. The van der Waals surface area contributed by atoms with Gasteiger partial charge in [0.2, 0.25) is 0 Å². The summed E-state index contributed by atoms with van der Waals surface area (Å²) in [6.45, 7) is -0.146. The van der Waals surface area contributed by atoms with Crippen LogP contribution in [0.3, 0.4) is 0 Å². The number of urea groups is 1. The molecule has 3 rings (SSSR count). The zero-order chi connectivity index (χ0) is 21.0. The molecule has 1 aliphatic rings. The Hall–Kier alpha value is -2.84. The number of hydrogen-bond acceptors (Lipinski definition) is 5. The van der Waals surface area contributed by atoms with Crippen LogP contribution in [0.2, 0.25) is 5.02 Å². The van der Waals surface area contributed by atoms with E-state index in [4.69, 9.17) is 16.3 Å². The minimum absolute atomic E-state index is 0.0653. The van der Waals surface area contributed by atoms with Gasteiger partial charge in [-0.25, -0.2) is 9.69 Å². The van der Waals surface area contributed by atoms with Crippen LogP contribution >= 0.6 is 27.5 Å². The fraction of sp³-hybridized carbons (Fsp3) is 0.150. The van der Waals surface area contributed by atoms with E-state index in [1.165, 1.54) is 13.2 Å². The summed E-state index contributed by atoms with van der Waals surface area (Å²) in [5.74, 6) is -0.686. The summed E-state index contributed by atoms with van der Waals surface area (Å²) in [5, 5.41) is 3.07. The molecule has 0 atom stereocenters. The Morgan fingerprint density at radius 1 is 1.24 bits per heavy atom. The average Bonchev–Trinajstić information content (AvgIpc) is 2.95. The lowest BCUT2D eigenvalue weighted by Crippen LogP contribution is -2.36. The van der Waals surface area contributed by atoms with Crippen LogP contribution in [-0.2, 0) is 20.9 Å². The normalized spacial score (nSPS) is 14.9. The molecule has 7 nitrogen and oxygen atoms in total. The van der Waals surface area contributed by atoms with Crippen molar-refractivity contribution in [3.05, 3.63) is 68.8 Å². The number of nitrogens with one attached hydrogen (secondary N) is 1. The predicted octanol–water partition coefficient (Wildman–Crippen LogP) is 3.75. The molecule has 0 saturated carbocycles. The third kappa shape index (κ3) is 4.96. The highest BCUT2D eigenvalue weighted by atomic mass is 79.9. The van der Waals surface area contributed by atoms with E-state index in [0.717, 1.165) is 10.5 Å². The fourth-order valence-electron chi connectivity index (χ4n) is 2.57. The first-order valence-electron chi connectivity index (χ1n) is 8.46. The number of carbonyl (C=O) groups is 3. The summed E-state index contributed by atoms with van der Waals surface area (Å²) in [5.41, 5.74) is 1.58. The maximum atomic E-state index is 12.3. The van der Waals surface area contributed by atoms with Crippen LogP contribution in [0.25, 0.3) is 6.08 Å². The standard InChI is InChI=1S/C20H16BrClN2O5/c1-28-18(25)10-24-19(26)16(23-20(24)27)9-12-6-7-17(14(21)8-12)29-11-13-4-2-3-5-15(13)22/h2-9H,10-11H2,1H3,(H,23,27). The van der Waals surface area contributed by atoms with Crippen molar-refractivity contribution >= 4 is 51.5 Å². The summed E-state index contributed by atoms with van der Waals surface area (Å²) in [6.07, 6.45) is 1.51. The second kappa shape index (κ2) is 9.11. The van der Waals surface area contributed by atoms with Gasteiger partial charge in [-0.3, -0.25) is 9.59 Å². The van der Waals surface area contributed by atoms with Crippen LogP contribution in [-0.4, -0.2) is 36.5 Å². The lowest BCUT2D eigenvalue weighted by atomic mass is 10.2. The van der Waals surface area contributed by atoms with Gasteiger partial charge in [-0.05, 0) is 45.8 Å². The van der Waals surface area contributed by atoms with Crippen molar-refractivity contribution in [1.29, 1.82) is 0 Å². The number of esters is 1. The molecule has 1 saturated heterocycles. The molecule has 0 aromatic heterocycles. The van der Waals surface area contributed by atoms with Crippen molar-refractivity contribution in [2.24, 2.45) is 0 Å². The second-order valence-corrected chi connectivity index (χ2v) is 7.29. The first-order chi connectivity index (χ1) is 13.9. The van der Waals surface area contributed by atoms with E-state index >= 15 is 0 Å². The number of nitrogens with zero attached hydrogens (tertiary/aromatic N) is 1. The maximum absolute atomic E-state index is 12.3. The van der Waals surface area contributed by atoms with E-state index in [0.29, 0.717) is 27.4 Å². The molecular weight excluding hydrogens is 464 g/mol. The van der Waals surface area contributed by atoms with Crippen molar-refractivity contribution in [1.82, 2.24) is 10.2 Å². The van der Waals surface area contributed by atoms with Gasteiger partial charge in [-0.2, -0.15) is 0 Å². The summed E-state index contributed by atoms with van der Waals surface area (Å²) in [6, 6.07) is 11.9. The zero-order valence-corrected chi connectivity index (χ0v) is 17.6. The Labute approximate surface area is 180 Å². The highest BCUT2D eigenvalue weighted by Crippen LogP contribution is 2.29. The smallest absolute Gasteiger partial charge is 0.329 e. The summed E-state index contributed by atoms with van der Waals surface area (Å²) < 4.78 is 11.0. The lowest BCUT2D eigenvalue weighted by molar-refractivity contribution is -0.143. The molecule has 0 unspecified atom stereocenters. The van der Waals surface area contributed by atoms with Gasteiger partial charge in [-0.15, -0.1) is 0 Å². The van der Waals surface area contributed by atoms with E-state index in [2.05, 4.69) is 26.0 Å². The van der Waals surface area contributed by atoms with Crippen LogP contribution < -0.4 is 10.1 Å². The van der Waals surface area contributed by atoms with E-state index in [1.54, 1.807) is 24.3 Å². The van der Waals surface area contributed by atoms with Crippen LogP contribution in [0, 0.1) is 0 Å². The predicted molar refractivity (Wildman–Crippen MR) is 110 cm³/mol. The summed E-state index contributed by atoms with van der Waals surface area (Å²) in [7, 11) is 1.18. The highest BCUT2D eigenvalue weighted by Gasteiger charge is 2.35. The Morgan fingerprint density at radius 3 is 2.69 bits per heavy atom. The minimum Gasteiger partial charge on any atom is -0.488 e. The van der Waals surface area contributed by atoms with Gasteiger partial charge in [0.15, 0.2) is 0 Å². The molecule has 2 aromatic rings. The Kier molecular flexibility index (Phi) is 6.56. The van der Waals surface area contributed by atoms with Crippen LogP contribution in [0.5, 0.6) is 5.75 Å². The monoisotopic (exact) mass is 478 g/mol. The molecule has 150 valence electrons. The van der Waals surface area contributed by atoms with Crippen molar-refractivity contribution in [3.63, 3.8) is 0 Å². The number of carbonyl (C=O) groups excluding carboxylic acids is 3. The molecule has 0 bridgehead atoms. The molecule has 3 amide bonds. The summed E-state index contributed by atoms with van der Waals surface area (Å²) in [4.78, 5) is 36.4. The van der Waals surface area contributed by atoms with E-state index in [9.17, 15) is 14.4 Å². The Bertz CT molecular complexity index is 1010. The van der Waals surface area contributed by atoms with E-state index in [-0.39, 0.29) is 5.70 Å². The van der Waals surface area contributed by atoms with Gasteiger partial charge >= 0.3 is 12.0 Å². The molecule has 0 aliphatic carbocycles. The van der Waals surface area contributed by atoms with E-state index in [1.807, 2.05) is 18.2 Å².